The predicted octanol–water partition coefficient (Wildman–Crippen LogP) is 0.607. The van der Waals surface area contributed by atoms with Crippen molar-refractivity contribution in [2.45, 2.75) is 25.5 Å². The molecule has 1 aliphatic heterocycles. The first-order chi connectivity index (χ1) is 5.74. The Balaban J connectivity index is 2.20. The lowest BCUT2D eigenvalue weighted by atomic mass is 9.98. The summed E-state index contributed by atoms with van der Waals surface area (Å²) in [4.78, 5) is 11.3. The van der Waals surface area contributed by atoms with Crippen molar-refractivity contribution in [1.29, 1.82) is 0 Å². The van der Waals surface area contributed by atoms with Gasteiger partial charge in [0.15, 0.2) is 6.23 Å². The van der Waals surface area contributed by atoms with E-state index in [0.29, 0.717) is 5.92 Å². The second kappa shape index (κ2) is 2.71. The average molecular weight is 171 g/mol. The van der Waals surface area contributed by atoms with Crippen LogP contribution >= 0.6 is 0 Å². The van der Waals surface area contributed by atoms with Gasteiger partial charge < -0.3 is 4.74 Å². The Bertz CT molecular complexity index is 206. The van der Waals surface area contributed by atoms with Gasteiger partial charge in [0.2, 0.25) is 0 Å². The van der Waals surface area contributed by atoms with Crippen LogP contribution in [-0.4, -0.2) is 29.5 Å². The van der Waals surface area contributed by atoms with Crippen LogP contribution in [0.2, 0.25) is 0 Å². The van der Waals surface area contributed by atoms with E-state index in [9.17, 15) is 10.0 Å². The van der Waals surface area contributed by atoms with Crippen LogP contribution in [0.5, 0.6) is 0 Å². The Kier molecular flexibility index (Phi) is 1.81. The van der Waals surface area contributed by atoms with E-state index in [0.717, 1.165) is 24.3 Å². The molecule has 2 aliphatic rings. The number of methoxy groups -OCH3 is 1. The normalized spacial score (nSPS) is 40.7. The number of carbonyl (C=O) groups is 1. The molecule has 0 radical (unpaired) electrons. The van der Waals surface area contributed by atoms with Crippen molar-refractivity contribution in [2.24, 2.45) is 11.8 Å². The van der Waals surface area contributed by atoms with Gasteiger partial charge in [0.1, 0.15) is 0 Å². The van der Waals surface area contributed by atoms with Gasteiger partial charge in [-0.1, -0.05) is 0 Å². The summed E-state index contributed by atoms with van der Waals surface area (Å²) in [6.07, 6.45) is 2.37. The first-order valence-corrected chi connectivity index (χ1v) is 4.28. The maximum atomic E-state index is 11.3. The minimum Gasteiger partial charge on any atom is -0.359 e. The second-order valence-electron chi connectivity index (χ2n) is 3.58. The Labute approximate surface area is 71.1 Å². The maximum absolute atomic E-state index is 11.3. The third-order valence-electron chi connectivity index (χ3n) is 2.93. The molecule has 4 heteroatoms. The van der Waals surface area contributed by atoms with Gasteiger partial charge in [0.25, 0.3) is 5.91 Å². The van der Waals surface area contributed by atoms with Crippen LogP contribution in [0, 0.1) is 11.8 Å². The molecule has 3 unspecified atom stereocenters. The molecule has 1 saturated carbocycles. The number of carbonyl (C=O) groups excluding carboxylic acids is 1. The summed E-state index contributed by atoms with van der Waals surface area (Å²) in [5.41, 5.74) is 0. The third kappa shape index (κ3) is 0.949. The van der Waals surface area contributed by atoms with Crippen molar-refractivity contribution in [3.05, 3.63) is 0 Å². The summed E-state index contributed by atoms with van der Waals surface area (Å²) in [7, 11) is 1.53. The van der Waals surface area contributed by atoms with Gasteiger partial charge in [-0.2, -0.15) is 5.06 Å². The van der Waals surface area contributed by atoms with Crippen molar-refractivity contribution in [3.8, 4) is 0 Å². The van der Waals surface area contributed by atoms with E-state index in [-0.39, 0.29) is 11.8 Å². The maximum Gasteiger partial charge on any atom is 0.251 e. The van der Waals surface area contributed by atoms with E-state index in [4.69, 9.17) is 4.74 Å². The number of ether oxygens (including phenoxy) is 1. The summed E-state index contributed by atoms with van der Waals surface area (Å²) >= 11 is 0. The number of hydrogen-bond acceptors (Lipinski definition) is 3. The number of piperidine rings is 1. The summed E-state index contributed by atoms with van der Waals surface area (Å²) in [6, 6.07) is 0. The van der Waals surface area contributed by atoms with Gasteiger partial charge in [-0.25, -0.2) is 0 Å². The number of hydroxylamine groups is 2. The molecule has 68 valence electrons. The van der Waals surface area contributed by atoms with Crippen molar-refractivity contribution in [3.63, 3.8) is 0 Å². The quantitative estimate of drug-likeness (QED) is 0.588. The summed E-state index contributed by atoms with van der Waals surface area (Å²) in [6.45, 7) is 0. The predicted molar refractivity (Wildman–Crippen MR) is 40.3 cm³/mol. The zero-order valence-electron chi connectivity index (χ0n) is 7.06. The molecule has 1 saturated heterocycles. The van der Waals surface area contributed by atoms with E-state index < -0.39 is 6.23 Å². The van der Waals surface area contributed by atoms with Crippen molar-refractivity contribution < 1.29 is 14.7 Å². The highest BCUT2D eigenvalue weighted by atomic mass is 16.6. The largest absolute Gasteiger partial charge is 0.359 e. The van der Waals surface area contributed by atoms with E-state index in [1.165, 1.54) is 7.11 Å². The Hall–Kier alpha value is -0.610. The standard InChI is InChI=1S/C8H13NO3/c1-12-8-6-3-2-5(4-6)7(10)9(8)11/h5-6,8,11H,2-4H2,1H3. The lowest BCUT2D eigenvalue weighted by Crippen LogP contribution is -2.48. The molecule has 2 rings (SSSR count). The smallest absolute Gasteiger partial charge is 0.251 e. The van der Waals surface area contributed by atoms with Gasteiger partial charge in [0, 0.05) is 18.9 Å². The number of rotatable bonds is 1. The highest BCUT2D eigenvalue weighted by Gasteiger charge is 2.45. The van der Waals surface area contributed by atoms with Crippen LogP contribution in [0.15, 0.2) is 0 Å². The lowest BCUT2D eigenvalue weighted by Gasteiger charge is -2.33. The molecule has 3 atom stereocenters. The molecule has 12 heavy (non-hydrogen) atoms. The Morgan fingerprint density at radius 3 is 3.00 bits per heavy atom. The molecule has 1 aliphatic carbocycles. The van der Waals surface area contributed by atoms with Crippen LogP contribution in [0.3, 0.4) is 0 Å². The highest BCUT2D eigenvalue weighted by molar-refractivity contribution is 5.79. The zero-order chi connectivity index (χ0) is 8.72. The van der Waals surface area contributed by atoms with Crippen molar-refractivity contribution in [2.75, 3.05) is 7.11 Å². The molecule has 2 bridgehead atoms. The molecule has 2 fully saturated rings. The van der Waals surface area contributed by atoms with Crippen LogP contribution in [0.25, 0.3) is 0 Å². The van der Waals surface area contributed by atoms with Gasteiger partial charge in [-0.3, -0.25) is 10.0 Å². The molecular weight excluding hydrogens is 158 g/mol. The Morgan fingerprint density at radius 2 is 2.33 bits per heavy atom. The van der Waals surface area contributed by atoms with E-state index in [2.05, 4.69) is 0 Å². The fourth-order valence-corrected chi connectivity index (χ4v) is 2.30. The number of hydrogen-bond donors (Lipinski definition) is 1. The van der Waals surface area contributed by atoms with Crippen LogP contribution in [0.4, 0.5) is 0 Å². The molecule has 1 amide bonds. The van der Waals surface area contributed by atoms with Gasteiger partial charge >= 0.3 is 0 Å². The van der Waals surface area contributed by atoms with Crippen LogP contribution in [0.1, 0.15) is 19.3 Å². The fraction of sp³-hybridized carbons (Fsp3) is 0.875. The summed E-state index contributed by atoms with van der Waals surface area (Å²) < 4.78 is 5.06. The lowest BCUT2D eigenvalue weighted by molar-refractivity contribution is -0.234. The monoisotopic (exact) mass is 171 g/mol. The third-order valence-corrected chi connectivity index (χ3v) is 2.93. The molecule has 0 spiro atoms. The molecule has 1 N–H and O–H groups in total. The van der Waals surface area contributed by atoms with E-state index in [1.54, 1.807) is 0 Å². The minimum atomic E-state index is -0.406. The zero-order valence-corrected chi connectivity index (χ0v) is 7.06. The first-order valence-electron chi connectivity index (χ1n) is 4.28. The fourth-order valence-electron chi connectivity index (χ4n) is 2.30. The molecule has 0 aromatic rings. The Morgan fingerprint density at radius 1 is 1.58 bits per heavy atom. The van der Waals surface area contributed by atoms with E-state index >= 15 is 0 Å². The highest BCUT2D eigenvalue weighted by Crippen LogP contribution is 2.40. The number of fused-ring (bicyclic) bond motifs is 2. The molecule has 0 aromatic carbocycles. The summed E-state index contributed by atoms with van der Waals surface area (Å²) in [5.74, 6) is 0.213. The van der Waals surface area contributed by atoms with Gasteiger partial charge in [-0.15, -0.1) is 0 Å². The van der Waals surface area contributed by atoms with Crippen LogP contribution in [-0.2, 0) is 9.53 Å². The molecule has 0 aromatic heterocycles. The molecule has 1 heterocycles. The van der Waals surface area contributed by atoms with Gasteiger partial charge in [-0.05, 0) is 19.3 Å². The second-order valence-corrected chi connectivity index (χ2v) is 3.58. The minimum absolute atomic E-state index is 0.0476. The molecule has 4 nitrogen and oxygen atoms in total. The van der Waals surface area contributed by atoms with Gasteiger partial charge in [0.05, 0.1) is 0 Å². The SMILES string of the molecule is COC1C2CCC(C2)C(=O)N1O. The number of amides is 1. The molecular formula is C8H13NO3. The van der Waals surface area contributed by atoms with Crippen molar-refractivity contribution >= 4 is 5.91 Å². The van der Waals surface area contributed by atoms with E-state index in [1.807, 2.05) is 0 Å². The number of nitrogens with zero attached hydrogens (tertiary/aromatic N) is 1. The average Bonchev–Trinajstić information content (AvgIpc) is 2.49. The van der Waals surface area contributed by atoms with Crippen LogP contribution < -0.4 is 0 Å². The van der Waals surface area contributed by atoms with Crippen molar-refractivity contribution in [1.82, 2.24) is 5.06 Å². The summed E-state index contributed by atoms with van der Waals surface area (Å²) in [5, 5.41) is 10.1. The topological polar surface area (TPSA) is 49.8 Å². The first kappa shape index (κ1) is 8.01.